The van der Waals surface area contributed by atoms with E-state index in [0.29, 0.717) is 25.3 Å². The predicted molar refractivity (Wildman–Crippen MR) is 118 cm³/mol. The van der Waals surface area contributed by atoms with Gasteiger partial charge in [0.25, 0.3) is 0 Å². The number of aryl methyl sites for hydroxylation is 3. The van der Waals surface area contributed by atoms with E-state index >= 15 is 0 Å². The molecule has 6 heteroatoms. The van der Waals surface area contributed by atoms with E-state index in [0.717, 1.165) is 22.5 Å². The van der Waals surface area contributed by atoms with Crippen molar-refractivity contribution in [2.75, 3.05) is 16.8 Å². The Labute approximate surface area is 176 Å². The van der Waals surface area contributed by atoms with Crippen LogP contribution >= 0.6 is 0 Å². The first-order valence-electron chi connectivity index (χ1n) is 10.2. The second kappa shape index (κ2) is 8.14. The molecule has 6 nitrogen and oxygen atoms in total. The summed E-state index contributed by atoms with van der Waals surface area (Å²) < 4.78 is 1.77. The number of nitrogens with zero attached hydrogens (tertiary/aromatic N) is 3. The molecule has 1 aliphatic rings. The molecule has 1 atom stereocenters. The van der Waals surface area contributed by atoms with Gasteiger partial charge in [0, 0.05) is 18.3 Å². The van der Waals surface area contributed by atoms with Crippen LogP contribution in [0.3, 0.4) is 0 Å². The van der Waals surface area contributed by atoms with Crippen molar-refractivity contribution in [3.8, 4) is 0 Å². The molecule has 1 aliphatic heterocycles. The Balaban J connectivity index is 1.48. The van der Waals surface area contributed by atoms with E-state index < -0.39 is 5.92 Å². The quantitative estimate of drug-likeness (QED) is 0.659. The lowest BCUT2D eigenvalue weighted by atomic mass is 10.1. The fourth-order valence-corrected chi connectivity index (χ4v) is 3.81. The SMILES string of the molecule is Cc1cc(NC(=O)C2CCN(c3ccc(C)c(C)c3)C2=O)n(Cc2ccccc2)n1. The maximum Gasteiger partial charge on any atom is 0.239 e. The van der Waals surface area contributed by atoms with Crippen LogP contribution in [0.5, 0.6) is 0 Å². The number of rotatable bonds is 5. The molecule has 2 aromatic carbocycles. The molecule has 2 amide bonds. The fraction of sp³-hybridized carbons (Fsp3) is 0.292. The van der Waals surface area contributed by atoms with Crippen molar-refractivity contribution in [1.29, 1.82) is 0 Å². The smallest absolute Gasteiger partial charge is 0.239 e. The lowest BCUT2D eigenvalue weighted by Crippen LogP contribution is -2.33. The van der Waals surface area contributed by atoms with Crippen molar-refractivity contribution in [1.82, 2.24) is 9.78 Å². The van der Waals surface area contributed by atoms with Gasteiger partial charge in [0.05, 0.1) is 12.2 Å². The zero-order valence-corrected chi connectivity index (χ0v) is 17.6. The number of hydrogen-bond acceptors (Lipinski definition) is 3. The summed E-state index contributed by atoms with van der Waals surface area (Å²) in [6, 6.07) is 17.7. The normalized spacial score (nSPS) is 16.2. The van der Waals surface area contributed by atoms with Crippen molar-refractivity contribution < 1.29 is 9.59 Å². The van der Waals surface area contributed by atoms with Crippen LogP contribution in [-0.2, 0) is 16.1 Å². The minimum Gasteiger partial charge on any atom is -0.312 e. The number of nitrogens with one attached hydrogen (secondary N) is 1. The Bertz CT molecular complexity index is 1090. The van der Waals surface area contributed by atoms with Gasteiger partial charge >= 0.3 is 0 Å². The summed E-state index contributed by atoms with van der Waals surface area (Å²) in [7, 11) is 0. The minimum absolute atomic E-state index is 0.151. The highest BCUT2D eigenvalue weighted by atomic mass is 16.2. The third-order valence-corrected chi connectivity index (χ3v) is 5.65. The molecule has 154 valence electrons. The Hall–Kier alpha value is -3.41. The number of anilines is 2. The highest BCUT2D eigenvalue weighted by Gasteiger charge is 2.38. The molecule has 0 radical (unpaired) electrons. The molecule has 1 fully saturated rings. The number of aromatic nitrogens is 2. The minimum atomic E-state index is -0.688. The fourth-order valence-electron chi connectivity index (χ4n) is 3.81. The monoisotopic (exact) mass is 402 g/mol. The highest BCUT2D eigenvalue weighted by molar-refractivity contribution is 6.13. The van der Waals surface area contributed by atoms with Gasteiger partial charge in [0.1, 0.15) is 11.7 Å². The van der Waals surface area contributed by atoms with E-state index in [2.05, 4.69) is 10.4 Å². The largest absolute Gasteiger partial charge is 0.312 e. The summed E-state index contributed by atoms with van der Waals surface area (Å²) >= 11 is 0. The first-order valence-corrected chi connectivity index (χ1v) is 10.2. The Morgan fingerprint density at radius 2 is 1.83 bits per heavy atom. The number of hydrogen-bond donors (Lipinski definition) is 1. The first-order chi connectivity index (χ1) is 14.4. The molecule has 0 bridgehead atoms. The molecule has 30 heavy (non-hydrogen) atoms. The van der Waals surface area contributed by atoms with E-state index in [1.807, 2.05) is 75.4 Å². The molecule has 0 saturated carbocycles. The van der Waals surface area contributed by atoms with Gasteiger partial charge in [-0.3, -0.25) is 9.59 Å². The average Bonchev–Trinajstić information content (AvgIpc) is 3.27. The lowest BCUT2D eigenvalue weighted by molar-refractivity contribution is -0.129. The van der Waals surface area contributed by atoms with Crippen LogP contribution in [0.15, 0.2) is 54.6 Å². The molecule has 1 unspecified atom stereocenters. The number of carbonyl (C=O) groups is 2. The summed E-state index contributed by atoms with van der Waals surface area (Å²) in [6.45, 7) is 7.06. The van der Waals surface area contributed by atoms with Gasteiger partial charge in [-0.2, -0.15) is 5.10 Å². The van der Waals surface area contributed by atoms with Gasteiger partial charge in [-0.05, 0) is 56.0 Å². The lowest BCUT2D eigenvalue weighted by Gasteiger charge is -2.18. The summed E-state index contributed by atoms with van der Waals surface area (Å²) in [6.07, 6.45) is 0.503. The van der Waals surface area contributed by atoms with Crippen molar-refractivity contribution in [2.24, 2.45) is 5.92 Å². The molecule has 0 spiro atoms. The third kappa shape index (κ3) is 3.99. The topological polar surface area (TPSA) is 67.2 Å². The summed E-state index contributed by atoms with van der Waals surface area (Å²) in [5.41, 5.74) is 5.07. The number of benzene rings is 2. The van der Waals surface area contributed by atoms with Crippen molar-refractivity contribution in [3.05, 3.63) is 77.0 Å². The first kappa shape index (κ1) is 19.9. The van der Waals surface area contributed by atoms with Gasteiger partial charge in [-0.1, -0.05) is 36.4 Å². The maximum absolute atomic E-state index is 13.0. The van der Waals surface area contributed by atoms with Gasteiger partial charge in [-0.15, -0.1) is 0 Å². The van der Waals surface area contributed by atoms with E-state index in [1.165, 1.54) is 5.56 Å². The van der Waals surface area contributed by atoms with Gasteiger partial charge < -0.3 is 10.2 Å². The van der Waals surface area contributed by atoms with Crippen LogP contribution in [0.2, 0.25) is 0 Å². The highest BCUT2D eigenvalue weighted by Crippen LogP contribution is 2.28. The van der Waals surface area contributed by atoms with Crippen LogP contribution in [-0.4, -0.2) is 28.1 Å². The summed E-state index contributed by atoms with van der Waals surface area (Å²) in [5.74, 6) is -0.507. The van der Waals surface area contributed by atoms with Crippen molar-refractivity contribution in [2.45, 2.75) is 33.7 Å². The van der Waals surface area contributed by atoms with Gasteiger partial charge in [0.15, 0.2) is 0 Å². The molecule has 1 saturated heterocycles. The van der Waals surface area contributed by atoms with Gasteiger partial charge in [-0.25, -0.2) is 4.68 Å². The average molecular weight is 402 g/mol. The molecule has 3 aromatic rings. The molecule has 4 rings (SSSR count). The third-order valence-electron chi connectivity index (χ3n) is 5.65. The van der Waals surface area contributed by atoms with E-state index in [1.54, 1.807) is 9.58 Å². The number of carbonyl (C=O) groups excluding carboxylic acids is 2. The molecule has 1 N–H and O–H groups in total. The Morgan fingerprint density at radius 1 is 1.07 bits per heavy atom. The zero-order chi connectivity index (χ0) is 21.3. The second-order valence-corrected chi connectivity index (χ2v) is 7.90. The predicted octanol–water partition coefficient (Wildman–Crippen LogP) is 3.85. The number of amides is 2. The summed E-state index contributed by atoms with van der Waals surface area (Å²) in [5, 5.41) is 7.42. The zero-order valence-electron chi connectivity index (χ0n) is 17.6. The summed E-state index contributed by atoms with van der Waals surface area (Å²) in [4.78, 5) is 27.6. The van der Waals surface area contributed by atoms with Crippen LogP contribution in [0.1, 0.15) is 28.8 Å². The molecular weight excluding hydrogens is 376 g/mol. The van der Waals surface area contributed by atoms with Crippen LogP contribution in [0, 0.1) is 26.7 Å². The Morgan fingerprint density at radius 3 is 2.57 bits per heavy atom. The van der Waals surface area contributed by atoms with Crippen LogP contribution in [0.4, 0.5) is 11.5 Å². The molecule has 2 heterocycles. The maximum atomic E-state index is 13.0. The second-order valence-electron chi connectivity index (χ2n) is 7.90. The Kier molecular flexibility index (Phi) is 5.40. The van der Waals surface area contributed by atoms with E-state index in [9.17, 15) is 9.59 Å². The van der Waals surface area contributed by atoms with E-state index in [4.69, 9.17) is 0 Å². The van der Waals surface area contributed by atoms with Crippen molar-refractivity contribution >= 4 is 23.3 Å². The standard InChI is InChI=1S/C24H26N4O2/c1-16-9-10-20(13-17(16)2)27-12-11-21(24(27)30)23(29)25-22-14-18(3)26-28(22)15-19-7-5-4-6-8-19/h4-10,13-14,21H,11-12,15H2,1-3H3,(H,25,29). The van der Waals surface area contributed by atoms with Crippen molar-refractivity contribution in [3.63, 3.8) is 0 Å². The molecule has 0 aliphatic carbocycles. The molecular formula is C24H26N4O2. The van der Waals surface area contributed by atoms with Gasteiger partial charge in [0.2, 0.25) is 11.8 Å². The molecule has 1 aromatic heterocycles. The van der Waals surface area contributed by atoms with E-state index in [-0.39, 0.29) is 11.8 Å². The van der Waals surface area contributed by atoms with Crippen LogP contribution < -0.4 is 10.2 Å². The van der Waals surface area contributed by atoms with Crippen LogP contribution in [0.25, 0.3) is 0 Å².